The van der Waals surface area contributed by atoms with Gasteiger partial charge in [-0.1, -0.05) is 22.5 Å². The highest BCUT2D eigenvalue weighted by molar-refractivity contribution is 9.11. The summed E-state index contributed by atoms with van der Waals surface area (Å²) in [5, 5.41) is 5.40. The Hall–Kier alpha value is -0.840. The predicted octanol–water partition coefficient (Wildman–Crippen LogP) is 0.537. The molecule has 0 aromatic carbocycles. The fourth-order valence-electron chi connectivity index (χ4n) is 1.28. The maximum absolute atomic E-state index is 11.5. The van der Waals surface area contributed by atoms with E-state index in [1.807, 2.05) is 0 Å². The van der Waals surface area contributed by atoms with Crippen LogP contribution in [0.15, 0.2) is 11.1 Å². The fraction of sp³-hybridized carbons (Fsp3) is 0.556. The summed E-state index contributed by atoms with van der Waals surface area (Å²) in [6, 6.07) is 0. The van der Waals surface area contributed by atoms with Crippen molar-refractivity contribution in [1.82, 2.24) is 10.6 Å². The standard InChI is InChI=1S/C9H13BrN2O2/c1-6(10)4-12-9(14)7-2-3-8(13)11-5-7/h7H,1-5H2,(H,11,13)(H,12,14). The first kappa shape index (κ1) is 11.2. The average molecular weight is 261 g/mol. The molecule has 1 heterocycles. The highest BCUT2D eigenvalue weighted by Gasteiger charge is 2.23. The monoisotopic (exact) mass is 260 g/mol. The third kappa shape index (κ3) is 3.49. The number of rotatable bonds is 3. The van der Waals surface area contributed by atoms with Gasteiger partial charge in [0, 0.05) is 24.0 Å². The molecule has 1 fully saturated rings. The van der Waals surface area contributed by atoms with E-state index in [-0.39, 0.29) is 17.7 Å². The SMILES string of the molecule is C=C(Br)CNC(=O)C1CCC(=O)NC1. The molecule has 1 saturated heterocycles. The van der Waals surface area contributed by atoms with Crippen molar-refractivity contribution in [1.29, 1.82) is 0 Å². The Morgan fingerprint density at radius 3 is 2.93 bits per heavy atom. The second-order valence-corrected chi connectivity index (χ2v) is 4.40. The fourth-order valence-corrected chi connectivity index (χ4v) is 1.42. The number of halogens is 1. The Kier molecular flexibility index (Phi) is 4.13. The lowest BCUT2D eigenvalue weighted by molar-refractivity contribution is -0.128. The first-order chi connectivity index (χ1) is 6.59. The Balaban J connectivity index is 2.30. The molecule has 1 atom stereocenters. The molecule has 78 valence electrons. The zero-order valence-corrected chi connectivity index (χ0v) is 9.39. The van der Waals surface area contributed by atoms with E-state index in [9.17, 15) is 9.59 Å². The molecule has 1 rings (SSSR count). The molecule has 0 aliphatic carbocycles. The number of hydrogen-bond acceptors (Lipinski definition) is 2. The summed E-state index contributed by atoms with van der Waals surface area (Å²) in [7, 11) is 0. The van der Waals surface area contributed by atoms with Crippen molar-refractivity contribution in [2.24, 2.45) is 5.92 Å². The van der Waals surface area contributed by atoms with Crippen LogP contribution in [-0.2, 0) is 9.59 Å². The number of nitrogens with one attached hydrogen (secondary N) is 2. The summed E-state index contributed by atoms with van der Waals surface area (Å²) in [6.07, 6.45) is 1.07. The molecule has 0 saturated carbocycles. The van der Waals surface area contributed by atoms with Crippen LogP contribution < -0.4 is 10.6 Å². The highest BCUT2D eigenvalue weighted by atomic mass is 79.9. The highest BCUT2D eigenvalue weighted by Crippen LogP contribution is 2.10. The van der Waals surface area contributed by atoms with Gasteiger partial charge in [-0.05, 0) is 6.42 Å². The normalized spacial score (nSPS) is 21.2. The van der Waals surface area contributed by atoms with Crippen LogP contribution in [-0.4, -0.2) is 24.9 Å². The van der Waals surface area contributed by atoms with Crippen molar-refractivity contribution < 1.29 is 9.59 Å². The lowest BCUT2D eigenvalue weighted by Crippen LogP contribution is -2.43. The summed E-state index contributed by atoms with van der Waals surface area (Å²) < 4.78 is 0.741. The first-order valence-corrected chi connectivity index (χ1v) is 5.26. The van der Waals surface area contributed by atoms with E-state index in [1.54, 1.807) is 0 Å². The molecule has 0 bridgehead atoms. The van der Waals surface area contributed by atoms with E-state index in [1.165, 1.54) is 0 Å². The molecule has 14 heavy (non-hydrogen) atoms. The number of hydrogen-bond donors (Lipinski definition) is 2. The van der Waals surface area contributed by atoms with Crippen molar-refractivity contribution in [3.8, 4) is 0 Å². The molecule has 1 aliphatic heterocycles. The van der Waals surface area contributed by atoms with E-state index < -0.39 is 0 Å². The zero-order valence-electron chi connectivity index (χ0n) is 7.81. The minimum absolute atomic E-state index is 0.0226. The van der Waals surface area contributed by atoms with Crippen LogP contribution in [0.4, 0.5) is 0 Å². The topological polar surface area (TPSA) is 58.2 Å². The Bertz CT molecular complexity index is 256. The van der Waals surface area contributed by atoms with Crippen molar-refractivity contribution >= 4 is 27.7 Å². The van der Waals surface area contributed by atoms with Gasteiger partial charge in [0.15, 0.2) is 0 Å². The van der Waals surface area contributed by atoms with Gasteiger partial charge in [0.1, 0.15) is 0 Å². The van der Waals surface area contributed by atoms with E-state index in [0.717, 1.165) is 4.48 Å². The Morgan fingerprint density at radius 2 is 2.43 bits per heavy atom. The molecule has 0 spiro atoms. The van der Waals surface area contributed by atoms with Crippen LogP contribution in [0.5, 0.6) is 0 Å². The number of carbonyl (C=O) groups excluding carboxylic acids is 2. The lowest BCUT2D eigenvalue weighted by Gasteiger charge is -2.21. The largest absolute Gasteiger partial charge is 0.355 e. The molecular formula is C9H13BrN2O2. The van der Waals surface area contributed by atoms with Gasteiger partial charge in [0.05, 0.1) is 5.92 Å². The minimum atomic E-state index is -0.0976. The summed E-state index contributed by atoms with van der Waals surface area (Å²) in [6.45, 7) is 4.49. The zero-order chi connectivity index (χ0) is 10.6. The Morgan fingerprint density at radius 1 is 1.71 bits per heavy atom. The van der Waals surface area contributed by atoms with Crippen molar-refractivity contribution in [3.05, 3.63) is 11.1 Å². The molecule has 1 unspecified atom stereocenters. The van der Waals surface area contributed by atoms with Gasteiger partial charge in [0.25, 0.3) is 0 Å². The maximum Gasteiger partial charge on any atom is 0.225 e. The average Bonchev–Trinajstić information content (AvgIpc) is 2.15. The molecular weight excluding hydrogens is 248 g/mol. The van der Waals surface area contributed by atoms with Crippen LogP contribution in [0.25, 0.3) is 0 Å². The number of piperidine rings is 1. The third-order valence-electron chi connectivity index (χ3n) is 2.09. The van der Waals surface area contributed by atoms with Crippen molar-refractivity contribution in [2.45, 2.75) is 12.8 Å². The van der Waals surface area contributed by atoms with Gasteiger partial charge in [0.2, 0.25) is 11.8 Å². The predicted molar refractivity (Wildman–Crippen MR) is 56.8 cm³/mol. The van der Waals surface area contributed by atoms with Crippen LogP contribution >= 0.6 is 15.9 Å². The molecule has 2 N–H and O–H groups in total. The van der Waals surface area contributed by atoms with Gasteiger partial charge >= 0.3 is 0 Å². The summed E-state index contributed by atoms with van der Waals surface area (Å²) in [4.78, 5) is 22.3. The van der Waals surface area contributed by atoms with Gasteiger partial charge in [-0.15, -0.1) is 0 Å². The van der Waals surface area contributed by atoms with Gasteiger partial charge in [-0.3, -0.25) is 9.59 Å². The molecule has 0 aromatic heterocycles. The van der Waals surface area contributed by atoms with E-state index in [4.69, 9.17) is 0 Å². The van der Waals surface area contributed by atoms with E-state index >= 15 is 0 Å². The van der Waals surface area contributed by atoms with Gasteiger partial charge in [-0.2, -0.15) is 0 Å². The smallest absolute Gasteiger partial charge is 0.225 e. The molecule has 1 aliphatic rings. The van der Waals surface area contributed by atoms with Crippen LogP contribution in [0, 0.1) is 5.92 Å². The van der Waals surface area contributed by atoms with E-state index in [0.29, 0.717) is 25.9 Å². The Labute approximate surface area is 91.3 Å². The lowest BCUT2D eigenvalue weighted by atomic mass is 9.98. The molecule has 2 amide bonds. The van der Waals surface area contributed by atoms with Crippen molar-refractivity contribution in [2.75, 3.05) is 13.1 Å². The van der Waals surface area contributed by atoms with Crippen LogP contribution in [0.3, 0.4) is 0 Å². The molecule has 0 aromatic rings. The summed E-state index contributed by atoms with van der Waals surface area (Å²) >= 11 is 3.16. The van der Waals surface area contributed by atoms with Crippen LogP contribution in [0.1, 0.15) is 12.8 Å². The van der Waals surface area contributed by atoms with E-state index in [2.05, 4.69) is 33.1 Å². The summed E-state index contributed by atoms with van der Waals surface area (Å²) in [5.74, 6) is -0.0934. The van der Waals surface area contributed by atoms with Gasteiger partial charge < -0.3 is 10.6 Å². The maximum atomic E-state index is 11.5. The quantitative estimate of drug-likeness (QED) is 0.779. The van der Waals surface area contributed by atoms with Crippen LogP contribution in [0.2, 0.25) is 0 Å². The molecule has 4 nitrogen and oxygen atoms in total. The first-order valence-electron chi connectivity index (χ1n) is 4.47. The summed E-state index contributed by atoms with van der Waals surface area (Å²) in [5.41, 5.74) is 0. The second-order valence-electron chi connectivity index (χ2n) is 3.27. The van der Waals surface area contributed by atoms with Crippen molar-refractivity contribution in [3.63, 3.8) is 0 Å². The number of amides is 2. The molecule has 5 heteroatoms. The number of carbonyl (C=O) groups is 2. The minimum Gasteiger partial charge on any atom is -0.355 e. The molecule has 0 radical (unpaired) electrons. The second kappa shape index (κ2) is 5.14. The third-order valence-corrected chi connectivity index (χ3v) is 2.37. The van der Waals surface area contributed by atoms with Gasteiger partial charge in [-0.25, -0.2) is 0 Å².